The second-order valence-electron chi connectivity index (χ2n) is 5.80. The lowest BCUT2D eigenvalue weighted by Crippen LogP contribution is -2.17. The highest BCUT2D eigenvalue weighted by Crippen LogP contribution is 2.24. The van der Waals surface area contributed by atoms with Crippen molar-refractivity contribution >= 4 is 22.8 Å². The summed E-state index contributed by atoms with van der Waals surface area (Å²) in [4.78, 5) is 8.83. The van der Waals surface area contributed by atoms with Crippen molar-refractivity contribution in [1.29, 1.82) is 0 Å². The number of aryl methyl sites for hydroxylation is 1. The molecular formula is C12H14ClN7O. The summed E-state index contributed by atoms with van der Waals surface area (Å²) >= 11 is 6.18. The molecule has 0 saturated heterocycles. The average Bonchev–Trinajstić information content (AvgIpc) is 2.97. The first-order valence-corrected chi connectivity index (χ1v) is 6.79. The van der Waals surface area contributed by atoms with Gasteiger partial charge in [-0.3, -0.25) is 0 Å². The first-order chi connectivity index (χ1) is 9.86. The van der Waals surface area contributed by atoms with Crippen molar-refractivity contribution in [2.45, 2.75) is 39.7 Å². The van der Waals surface area contributed by atoms with Crippen LogP contribution in [0.1, 0.15) is 38.0 Å². The molecule has 0 spiro atoms. The lowest BCUT2D eigenvalue weighted by molar-refractivity contribution is 0.300. The van der Waals surface area contributed by atoms with Gasteiger partial charge in [0, 0.05) is 5.41 Å². The smallest absolute Gasteiger partial charge is 0.183 e. The fourth-order valence-corrected chi connectivity index (χ4v) is 2.00. The van der Waals surface area contributed by atoms with Crippen LogP contribution in [0.15, 0.2) is 4.63 Å². The maximum atomic E-state index is 6.18. The van der Waals surface area contributed by atoms with Gasteiger partial charge in [0.15, 0.2) is 16.3 Å². The third-order valence-electron chi connectivity index (χ3n) is 3.04. The minimum absolute atomic E-state index is 0.224. The normalized spacial score (nSPS) is 12.2. The van der Waals surface area contributed by atoms with Crippen LogP contribution in [0.5, 0.6) is 0 Å². The highest BCUT2D eigenvalue weighted by Gasteiger charge is 2.22. The van der Waals surface area contributed by atoms with E-state index < -0.39 is 0 Å². The van der Waals surface area contributed by atoms with Crippen LogP contribution in [-0.4, -0.2) is 35.3 Å². The van der Waals surface area contributed by atoms with E-state index in [0.29, 0.717) is 40.1 Å². The molecular weight excluding hydrogens is 294 g/mol. The SMILES string of the molecule is Cc1nonc1Cn1nnc2c(Cl)nc(C(C)(C)C)nc21. The predicted molar refractivity (Wildman–Crippen MR) is 75.0 cm³/mol. The van der Waals surface area contributed by atoms with E-state index in [0.717, 1.165) is 0 Å². The molecule has 3 aromatic heterocycles. The molecule has 0 bridgehead atoms. The summed E-state index contributed by atoms with van der Waals surface area (Å²) < 4.78 is 6.30. The highest BCUT2D eigenvalue weighted by molar-refractivity contribution is 6.33. The Kier molecular flexibility index (Phi) is 3.12. The Bertz CT molecular complexity index is 802. The number of hydrogen-bond acceptors (Lipinski definition) is 7. The number of fused-ring (bicyclic) bond motifs is 1. The van der Waals surface area contributed by atoms with Crippen molar-refractivity contribution in [2.75, 3.05) is 0 Å². The monoisotopic (exact) mass is 307 g/mol. The van der Waals surface area contributed by atoms with E-state index in [1.165, 1.54) is 0 Å². The number of rotatable bonds is 2. The summed E-state index contributed by atoms with van der Waals surface area (Å²) in [5, 5.41) is 16.0. The van der Waals surface area contributed by atoms with Crippen molar-refractivity contribution in [1.82, 2.24) is 35.3 Å². The predicted octanol–water partition coefficient (Wildman–Crippen LogP) is 1.91. The summed E-state index contributed by atoms with van der Waals surface area (Å²) in [6, 6.07) is 0. The van der Waals surface area contributed by atoms with E-state index in [4.69, 9.17) is 11.6 Å². The zero-order valence-electron chi connectivity index (χ0n) is 12.1. The van der Waals surface area contributed by atoms with Crippen molar-refractivity contribution in [3.8, 4) is 0 Å². The molecule has 0 amide bonds. The molecule has 0 atom stereocenters. The Morgan fingerprint density at radius 1 is 1.19 bits per heavy atom. The summed E-state index contributed by atoms with van der Waals surface area (Å²) in [5.41, 5.74) is 2.20. The third kappa shape index (κ3) is 2.46. The van der Waals surface area contributed by atoms with Crippen LogP contribution < -0.4 is 0 Å². The fraction of sp³-hybridized carbons (Fsp3) is 0.500. The van der Waals surface area contributed by atoms with Crippen LogP contribution in [0, 0.1) is 6.92 Å². The molecule has 0 aliphatic rings. The minimum Gasteiger partial charge on any atom is -0.244 e. The van der Waals surface area contributed by atoms with Gasteiger partial charge < -0.3 is 0 Å². The molecule has 3 aromatic rings. The van der Waals surface area contributed by atoms with E-state index >= 15 is 0 Å². The quantitative estimate of drug-likeness (QED) is 0.667. The van der Waals surface area contributed by atoms with Gasteiger partial charge in [-0.2, -0.15) is 0 Å². The molecule has 0 radical (unpaired) electrons. The van der Waals surface area contributed by atoms with Gasteiger partial charge in [0.05, 0.1) is 6.54 Å². The Balaban J connectivity index is 2.12. The molecule has 0 aromatic carbocycles. The van der Waals surface area contributed by atoms with Gasteiger partial charge in [-0.15, -0.1) is 5.10 Å². The zero-order chi connectivity index (χ0) is 15.2. The lowest BCUT2D eigenvalue weighted by Gasteiger charge is -2.16. The topological polar surface area (TPSA) is 95.4 Å². The van der Waals surface area contributed by atoms with Gasteiger partial charge in [-0.1, -0.05) is 47.9 Å². The average molecular weight is 308 g/mol. The molecule has 0 fully saturated rings. The molecule has 3 heterocycles. The molecule has 0 saturated carbocycles. The first kappa shape index (κ1) is 13.9. The van der Waals surface area contributed by atoms with Crippen LogP contribution in [0.3, 0.4) is 0 Å². The minimum atomic E-state index is -0.224. The molecule has 8 nitrogen and oxygen atoms in total. The summed E-state index contributed by atoms with van der Waals surface area (Å²) in [7, 11) is 0. The number of hydrogen-bond donors (Lipinski definition) is 0. The summed E-state index contributed by atoms with van der Waals surface area (Å²) in [6.07, 6.45) is 0. The number of aromatic nitrogens is 7. The van der Waals surface area contributed by atoms with Crippen LogP contribution in [0.25, 0.3) is 11.2 Å². The second-order valence-corrected chi connectivity index (χ2v) is 6.16. The van der Waals surface area contributed by atoms with Crippen molar-refractivity contribution < 1.29 is 4.63 Å². The molecule has 21 heavy (non-hydrogen) atoms. The number of nitrogens with zero attached hydrogens (tertiary/aromatic N) is 7. The van der Waals surface area contributed by atoms with Gasteiger partial charge in [0.1, 0.15) is 17.2 Å². The standard InChI is InChI=1S/C12H14ClN7O/c1-6-7(18-21-17-6)5-20-10-8(16-19-20)9(13)14-11(15-10)12(2,3)4/h5H2,1-4H3. The van der Waals surface area contributed by atoms with Gasteiger partial charge in [-0.25, -0.2) is 19.3 Å². The molecule has 9 heteroatoms. The molecule has 0 aliphatic heterocycles. The van der Waals surface area contributed by atoms with Crippen LogP contribution >= 0.6 is 11.6 Å². The summed E-state index contributed by atoms with van der Waals surface area (Å²) in [6.45, 7) is 8.23. The molecule has 0 N–H and O–H groups in total. The highest BCUT2D eigenvalue weighted by atomic mass is 35.5. The summed E-state index contributed by atoms with van der Waals surface area (Å²) in [5.74, 6) is 0.638. The lowest BCUT2D eigenvalue weighted by atomic mass is 9.96. The van der Waals surface area contributed by atoms with E-state index in [1.807, 2.05) is 27.7 Å². The van der Waals surface area contributed by atoms with Crippen molar-refractivity contribution in [2.24, 2.45) is 0 Å². The Morgan fingerprint density at radius 3 is 2.57 bits per heavy atom. The van der Waals surface area contributed by atoms with Gasteiger partial charge in [-0.05, 0) is 6.92 Å². The van der Waals surface area contributed by atoms with E-state index in [1.54, 1.807) is 4.68 Å². The molecule has 110 valence electrons. The largest absolute Gasteiger partial charge is 0.244 e. The van der Waals surface area contributed by atoms with Crippen LogP contribution in [0.4, 0.5) is 0 Å². The number of halogens is 1. The maximum absolute atomic E-state index is 6.18. The molecule has 0 unspecified atom stereocenters. The third-order valence-corrected chi connectivity index (χ3v) is 3.30. The van der Waals surface area contributed by atoms with Crippen LogP contribution in [-0.2, 0) is 12.0 Å². The van der Waals surface area contributed by atoms with E-state index in [9.17, 15) is 0 Å². The van der Waals surface area contributed by atoms with Gasteiger partial charge in [0.2, 0.25) is 0 Å². The molecule has 0 aliphatic carbocycles. The maximum Gasteiger partial charge on any atom is 0.183 e. The molecule has 3 rings (SSSR count). The van der Waals surface area contributed by atoms with Crippen molar-refractivity contribution in [3.05, 3.63) is 22.4 Å². The zero-order valence-corrected chi connectivity index (χ0v) is 12.9. The van der Waals surface area contributed by atoms with Crippen LogP contribution in [0.2, 0.25) is 5.15 Å². The van der Waals surface area contributed by atoms with Crippen molar-refractivity contribution in [3.63, 3.8) is 0 Å². The van der Waals surface area contributed by atoms with E-state index in [-0.39, 0.29) is 5.41 Å². The van der Waals surface area contributed by atoms with Gasteiger partial charge in [0.25, 0.3) is 0 Å². The van der Waals surface area contributed by atoms with E-state index in [2.05, 4.69) is 35.2 Å². The first-order valence-electron chi connectivity index (χ1n) is 6.41. The fourth-order valence-electron chi connectivity index (χ4n) is 1.80. The Hall–Kier alpha value is -2.09. The second kappa shape index (κ2) is 4.73. The Labute approximate surface area is 125 Å². The Morgan fingerprint density at radius 2 is 1.95 bits per heavy atom. The van der Waals surface area contributed by atoms with Gasteiger partial charge >= 0.3 is 0 Å².